The summed E-state index contributed by atoms with van der Waals surface area (Å²) in [6.45, 7) is 6.87. The van der Waals surface area contributed by atoms with E-state index in [1.54, 1.807) is 0 Å². The molecule has 0 radical (unpaired) electrons. The van der Waals surface area contributed by atoms with Gasteiger partial charge in [0.2, 0.25) is 0 Å². The van der Waals surface area contributed by atoms with E-state index in [9.17, 15) is 4.79 Å². The summed E-state index contributed by atoms with van der Waals surface area (Å²) in [5.41, 5.74) is 1.27. The summed E-state index contributed by atoms with van der Waals surface area (Å²) in [6, 6.07) is 10.4. The Morgan fingerprint density at radius 3 is 2.55 bits per heavy atom. The zero-order chi connectivity index (χ0) is 15.9. The minimum atomic E-state index is -0.109. The maximum absolute atomic E-state index is 12.3. The lowest BCUT2D eigenvalue weighted by molar-refractivity contribution is -0.148. The molecule has 1 heterocycles. The Morgan fingerprint density at radius 2 is 1.91 bits per heavy atom. The Labute approximate surface area is 138 Å². The fraction of sp³-hybridized carbons (Fsp3) is 0.556. The third-order valence-electron chi connectivity index (χ3n) is 4.14. The van der Waals surface area contributed by atoms with Gasteiger partial charge in [0.05, 0.1) is 12.5 Å². The SMILES string of the molecule is CCCC(=S)[C@@H]1CN(Cc2ccccc2)C[C@H]1C(=O)OCC. The average Bonchev–Trinajstić information content (AvgIpc) is 2.93. The topological polar surface area (TPSA) is 29.5 Å². The molecule has 120 valence electrons. The molecule has 0 saturated carbocycles. The van der Waals surface area contributed by atoms with Crippen LogP contribution in [-0.4, -0.2) is 35.4 Å². The Kier molecular flexibility index (Phi) is 6.52. The fourth-order valence-corrected chi connectivity index (χ4v) is 3.55. The van der Waals surface area contributed by atoms with Crippen LogP contribution in [0.3, 0.4) is 0 Å². The molecular weight excluding hydrogens is 294 g/mol. The molecule has 22 heavy (non-hydrogen) atoms. The second kappa shape index (κ2) is 8.39. The van der Waals surface area contributed by atoms with Gasteiger partial charge in [-0.05, 0) is 23.8 Å². The van der Waals surface area contributed by atoms with Crippen LogP contribution in [0.2, 0.25) is 0 Å². The number of likely N-dealkylation sites (tertiary alicyclic amines) is 1. The lowest BCUT2D eigenvalue weighted by atomic mass is 9.91. The molecule has 0 aliphatic carbocycles. The van der Waals surface area contributed by atoms with Gasteiger partial charge in [0.25, 0.3) is 0 Å². The first-order valence-corrected chi connectivity index (χ1v) is 8.52. The van der Waals surface area contributed by atoms with Gasteiger partial charge in [-0.2, -0.15) is 0 Å². The number of nitrogens with zero attached hydrogens (tertiary/aromatic N) is 1. The lowest BCUT2D eigenvalue weighted by Gasteiger charge is -2.17. The van der Waals surface area contributed by atoms with Gasteiger partial charge in [0.15, 0.2) is 0 Å². The predicted octanol–water partition coefficient (Wildman–Crippen LogP) is 3.47. The Balaban J connectivity index is 2.06. The molecule has 3 nitrogen and oxygen atoms in total. The molecule has 1 aromatic rings. The minimum absolute atomic E-state index is 0.0958. The number of esters is 1. The molecule has 1 aliphatic rings. The van der Waals surface area contributed by atoms with E-state index in [0.29, 0.717) is 6.61 Å². The molecule has 2 atom stereocenters. The van der Waals surface area contributed by atoms with Gasteiger partial charge in [-0.1, -0.05) is 55.9 Å². The summed E-state index contributed by atoms with van der Waals surface area (Å²) in [5.74, 6) is -0.0538. The molecule has 4 heteroatoms. The monoisotopic (exact) mass is 319 g/mol. The largest absolute Gasteiger partial charge is 0.466 e. The van der Waals surface area contributed by atoms with Gasteiger partial charge < -0.3 is 4.74 Å². The fourth-order valence-electron chi connectivity index (χ4n) is 3.10. The molecule has 0 bridgehead atoms. The highest BCUT2D eigenvalue weighted by molar-refractivity contribution is 7.80. The zero-order valence-corrected chi connectivity index (χ0v) is 14.3. The van der Waals surface area contributed by atoms with Gasteiger partial charge >= 0.3 is 5.97 Å². The maximum Gasteiger partial charge on any atom is 0.310 e. The Hall–Kier alpha value is -1.26. The normalized spacial score (nSPS) is 21.7. The van der Waals surface area contributed by atoms with Crippen molar-refractivity contribution < 1.29 is 9.53 Å². The molecule has 1 fully saturated rings. The summed E-state index contributed by atoms with van der Waals surface area (Å²) in [5, 5.41) is 0. The van der Waals surface area contributed by atoms with Crippen molar-refractivity contribution in [2.75, 3.05) is 19.7 Å². The van der Waals surface area contributed by atoms with Crippen molar-refractivity contribution >= 4 is 23.1 Å². The molecule has 1 aromatic carbocycles. The zero-order valence-electron chi connectivity index (χ0n) is 13.5. The van der Waals surface area contributed by atoms with Gasteiger partial charge in [0.1, 0.15) is 0 Å². The highest BCUT2D eigenvalue weighted by atomic mass is 32.1. The first-order chi connectivity index (χ1) is 10.7. The summed E-state index contributed by atoms with van der Waals surface area (Å²) in [4.78, 5) is 15.6. The third-order valence-corrected chi connectivity index (χ3v) is 4.65. The number of thiocarbonyl (C=S) groups is 1. The lowest BCUT2D eigenvalue weighted by Crippen LogP contribution is -2.29. The van der Waals surface area contributed by atoms with Crippen molar-refractivity contribution in [2.24, 2.45) is 11.8 Å². The molecule has 1 saturated heterocycles. The molecule has 1 aliphatic heterocycles. The molecule has 2 rings (SSSR count). The van der Waals surface area contributed by atoms with Gasteiger partial charge in [-0.15, -0.1) is 0 Å². The summed E-state index contributed by atoms with van der Waals surface area (Å²) >= 11 is 5.58. The predicted molar refractivity (Wildman–Crippen MR) is 92.8 cm³/mol. The van der Waals surface area contributed by atoms with Crippen LogP contribution in [0.1, 0.15) is 32.3 Å². The summed E-state index contributed by atoms with van der Waals surface area (Å²) < 4.78 is 5.26. The van der Waals surface area contributed by atoms with Crippen molar-refractivity contribution in [1.29, 1.82) is 0 Å². The van der Waals surface area contributed by atoms with E-state index in [-0.39, 0.29) is 17.8 Å². The maximum atomic E-state index is 12.3. The average molecular weight is 319 g/mol. The van der Waals surface area contributed by atoms with Crippen LogP contribution in [0.4, 0.5) is 0 Å². The number of benzene rings is 1. The first kappa shape index (κ1) is 17.1. The van der Waals surface area contributed by atoms with E-state index < -0.39 is 0 Å². The van der Waals surface area contributed by atoms with Crippen LogP contribution < -0.4 is 0 Å². The van der Waals surface area contributed by atoms with Gasteiger partial charge in [0, 0.05) is 25.6 Å². The summed E-state index contributed by atoms with van der Waals surface area (Å²) in [7, 11) is 0. The Bertz CT molecular complexity index is 477. The van der Waals surface area contributed by atoms with Crippen molar-refractivity contribution in [3.05, 3.63) is 35.9 Å². The first-order valence-electron chi connectivity index (χ1n) is 8.11. The van der Waals surface area contributed by atoms with Gasteiger partial charge in [-0.3, -0.25) is 9.69 Å². The van der Waals surface area contributed by atoms with Crippen molar-refractivity contribution in [1.82, 2.24) is 4.90 Å². The minimum Gasteiger partial charge on any atom is -0.466 e. The third kappa shape index (κ3) is 4.37. The van der Waals surface area contributed by atoms with E-state index in [1.165, 1.54) is 5.56 Å². The smallest absolute Gasteiger partial charge is 0.310 e. The Morgan fingerprint density at radius 1 is 1.23 bits per heavy atom. The molecular formula is C18H25NO2S. The molecule has 0 amide bonds. The van der Waals surface area contributed by atoms with Gasteiger partial charge in [-0.25, -0.2) is 0 Å². The molecule has 0 N–H and O–H groups in total. The van der Waals surface area contributed by atoms with E-state index in [1.807, 2.05) is 25.1 Å². The number of hydrogen-bond donors (Lipinski definition) is 0. The highest BCUT2D eigenvalue weighted by Gasteiger charge is 2.40. The second-order valence-corrected chi connectivity index (χ2v) is 6.39. The standard InChI is InChI=1S/C18H25NO2S/c1-3-8-17(22)15-12-19(11-14-9-6-5-7-10-14)13-16(15)18(20)21-4-2/h5-7,9-10,15-16H,3-4,8,11-13H2,1-2H3/t15-,16-/m1/s1. The van der Waals surface area contributed by atoms with Crippen LogP contribution in [-0.2, 0) is 16.1 Å². The number of carbonyl (C=O) groups excluding carboxylic acids is 1. The molecule has 0 unspecified atom stereocenters. The van der Waals surface area contributed by atoms with Crippen molar-refractivity contribution in [2.45, 2.75) is 33.2 Å². The van der Waals surface area contributed by atoms with E-state index in [2.05, 4.69) is 24.0 Å². The second-order valence-electron chi connectivity index (χ2n) is 5.86. The van der Waals surface area contributed by atoms with Crippen LogP contribution >= 0.6 is 12.2 Å². The summed E-state index contributed by atoms with van der Waals surface area (Å²) in [6.07, 6.45) is 1.94. The number of rotatable bonds is 7. The van der Waals surface area contributed by atoms with Crippen LogP contribution in [0.15, 0.2) is 30.3 Å². The molecule has 0 aromatic heterocycles. The van der Waals surface area contributed by atoms with Crippen LogP contribution in [0.5, 0.6) is 0 Å². The van der Waals surface area contributed by atoms with E-state index in [4.69, 9.17) is 17.0 Å². The van der Waals surface area contributed by atoms with Crippen molar-refractivity contribution in [3.8, 4) is 0 Å². The number of hydrogen-bond acceptors (Lipinski definition) is 4. The highest BCUT2D eigenvalue weighted by Crippen LogP contribution is 2.29. The number of ether oxygens (including phenoxy) is 1. The van der Waals surface area contributed by atoms with E-state index >= 15 is 0 Å². The quantitative estimate of drug-likeness (QED) is 0.568. The van der Waals surface area contributed by atoms with E-state index in [0.717, 1.165) is 37.3 Å². The molecule has 0 spiro atoms. The van der Waals surface area contributed by atoms with Crippen molar-refractivity contribution in [3.63, 3.8) is 0 Å². The van der Waals surface area contributed by atoms with Crippen LogP contribution in [0.25, 0.3) is 0 Å². The van der Waals surface area contributed by atoms with Crippen LogP contribution in [0, 0.1) is 11.8 Å². The number of carbonyl (C=O) groups is 1.